The third-order valence-corrected chi connectivity index (χ3v) is 3.68. The predicted molar refractivity (Wildman–Crippen MR) is 69.1 cm³/mol. The average molecular weight is 284 g/mol. The number of anilines is 1. The van der Waals surface area contributed by atoms with Gasteiger partial charge in [0.2, 0.25) is 10.0 Å². The van der Waals surface area contributed by atoms with Gasteiger partial charge in [-0.15, -0.1) is 0 Å². The van der Waals surface area contributed by atoms with E-state index in [2.05, 4.69) is 10.0 Å². The molecule has 9 heteroatoms. The maximum absolute atomic E-state index is 11.2. The lowest BCUT2D eigenvalue weighted by molar-refractivity contribution is -0.384. The zero-order valence-electron chi connectivity index (χ0n) is 10.1. The number of nitro benzene ring substituents is 1. The van der Waals surface area contributed by atoms with Crippen LogP contribution in [-0.4, -0.2) is 32.7 Å². The van der Waals surface area contributed by atoms with Crippen molar-refractivity contribution in [3.63, 3.8) is 0 Å². The molecule has 1 aromatic carbocycles. The molecule has 8 nitrogen and oxygen atoms in total. The van der Waals surface area contributed by atoms with E-state index in [0.717, 1.165) is 0 Å². The summed E-state index contributed by atoms with van der Waals surface area (Å²) in [6.07, 6.45) is 0. The predicted octanol–water partition coefficient (Wildman–Crippen LogP) is 0.428. The topological polar surface area (TPSA) is 125 Å². The minimum absolute atomic E-state index is 0.00110. The highest BCUT2D eigenvalue weighted by atomic mass is 32.2. The normalized spacial score (nSPS) is 10.7. The zero-order chi connectivity index (χ0) is 14.5. The minimum atomic E-state index is -3.39. The largest absolute Gasteiger partial charge is 0.378 e. The number of hydrogen-bond donors (Lipinski definition) is 2. The van der Waals surface area contributed by atoms with Gasteiger partial charge in [-0.25, -0.2) is 13.1 Å². The van der Waals surface area contributed by atoms with Gasteiger partial charge in [-0.2, -0.15) is 5.26 Å². The van der Waals surface area contributed by atoms with E-state index < -0.39 is 14.9 Å². The van der Waals surface area contributed by atoms with Crippen LogP contribution in [0.3, 0.4) is 0 Å². The third-order valence-electron chi connectivity index (χ3n) is 2.32. The summed E-state index contributed by atoms with van der Waals surface area (Å²) in [6, 6.07) is 5.70. The Morgan fingerprint density at radius 1 is 1.47 bits per heavy atom. The van der Waals surface area contributed by atoms with Crippen LogP contribution in [0.25, 0.3) is 0 Å². The first kappa shape index (κ1) is 14.9. The quantitative estimate of drug-likeness (QED) is 0.576. The fraction of sp³-hybridized carbons (Fsp3) is 0.300. The van der Waals surface area contributed by atoms with Crippen molar-refractivity contribution in [2.75, 3.05) is 24.7 Å². The molecule has 0 aliphatic carbocycles. The van der Waals surface area contributed by atoms with Crippen molar-refractivity contribution < 1.29 is 13.3 Å². The van der Waals surface area contributed by atoms with Crippen LogP contribution in [0, 0.1) is 21.4 Å². The highest BCUT2D eigenvalue weighted by molar-refractivity contribution is 7.89. The summed E-state index contributed by atoms with van der Waals surface area (Å²) in [5.41, 5.74) is 0.167. The first-order valence-electron chi connectivity index (χ1n) is 5.23. The molecular weight excluding hydrogens is 272 g/mol. The van der Waals surface area contributed by atoms with Gasteiger partial charge in [0.1, 0.15) is 5.69 Å². The molecule has 0 unspecified atom stereocenters. The highest BCUT2D eigenvalue weighted by Crippen LogP contribution is 2.24. The third kappa shape index (κ3) is 4.20. The van der Waals surface area contributed by atoms with E-state index in [1.54, 1.807) is 0 Å². The summed E-state index contributed by atoms with van der Waals surface area (Å²) >= 11 is 0. The Hall–Kier alpha value is -2.18. The van der Waals surface area contributed by atoms with E-state index in [1.807, 2.05) is 6.07 Å². The number of sulfonamides is 1. The van der Waals surface area contributed by atoms with E-state index >= 15 is 0 Å². The number of nitro groups is 1. The molecule has 0 fully saturated rings. The molecule has 102 valence electrons. The van der Waals surface area contributed by atoms with E-state index in [4.69, 9.17) is 5.26 Å². The lowest BCUT2D eigenvalue weighted by atomic mass is 10.2. The Balaban J connectivity index is 2.87. The van der Waals surface area contributed by atoms with Crippen LogP contribution in [-0.2, 0) is 10.0 Å². The summed E-state index contributed by atoms with van der Waals surface area (Å²) in [5.74, 6) is -0.225. The fourth-order valence-corrected chi connectivity index (χ4v) is 1.90. The molecule has 1 rings (SSSR count). The Labute approximate surface area is 110 Å². The number of nitriles is 1. The second-order valence-corrected chi connectivity index (χ2v) is 5.60. The van der Waals surface area contributed by atoms with Crippen LogP contribution < -0.4 is 10.0 Å². The molecule has 0 saturated carbocycles. The van der Waals surface area contributed by atoms with Gasteiger partial charge in [-0.05, 0) is 19.2 Å². The number of benzene rings is 1. The van der Waals surface area contributed by atoms with Gasteiger partial charge in [0.25, 0.3) is 5.69 Å². The number of nitrogens with zero attached hydrogens (tertiary/aromatic N) is 2. The van der Waals surface area contributed by atoms with Crippen molar-refractivity contribution in [1.82, 2.24) is 4.72 Å². The zero-order valence-corrected chi connectivity index (χ0v) is 10.9. The van der Waals surface area contributed by atoms with Crippen molar-refractivity contribution in [2.24, 2.45) is 0 Å². The molecule has 0 aliphatic rings. The number of hydrogen-bond acceptors (Lipinski definition) is 6. The summed E-state index contributed by atoms with van der Waals surface area (Å²) in [7, 11) is -2.10. The van der Waals surface area contributed by atoms with Crippen molar-refractivity contribution in [1.29, 1.82) is 5.26 Å². The Bertz CT molecular complexity index is 621. The fourth-order valence-electron chi connectivity index (χ4n) is 1.33. The molecule has 2 N–H and O–H groups in total. The summed E-state index contributed by atoms with van der Waals surface area (Å²) in [4.78, 5) is 10.2. The van der Waals surface area contributed by atoms with E-state index in [0.29, 0.717) is 0 Å². The molecule has 0 spiro atoms. The Kier molecular flexibility index (Phi) is 4.80. The second kappa shape index (κ2) is 6.12. The molecule has 19 heavy (non-hydrogen) atoms. The molecule has 1 aromatic rings. The first-order valence-corrected chi connectivity index (χ1v) is 6.88. The molecule has 0 aliphatic heterocycles. The van der Waals surface area contributed by atoms with Gasteiger partial charge < -0.3 is 5.32 Å². The van der Waals surface area contributed by atoms with Gasteiger partial charge in [0, 0.05) is 12.6 Å². The van der Waals surface area contributed by atoms with Gasteiger partial charge in [0.15, 0.2) is 0 Å². The van der Waals surface area contributed by atoms with Gasteiger partial charge in [-0.1, -0.05) is 0 Å². The molecule has 0 heterocycles. The summed E-state index contributed by atoms with van der Waals surface area (Å²) in [5, 5.41) is 22.2. The van der Waals surface area contributed by atoms with Crippen LogP contribution >= 0.6 is 0 Å². The summed E-state index contributed by atoms with van der Waals surface area (Å²) < 4.78 is 24.5. The Morgan fingerprint density at radius 2 is 2.16 bits per heavy atom. The summed E-state index contributed by atoms with van der Waals surface area (Å²) in [6.45, 7) is -0.00110. The second-order valence-electron chi connectivity index (χ2n) is 3.55. The van der Waals surface area contributed by atoms with Crippen LogP contribution in [0.1, 0.15) is 5.56 Å². The molecular formula is C10H12N4O4S. The average Bonchev–Trinajstić information content (AvgIpc) is 2.38. The highest BCUT2D eigenvalue weighted by Gasteiger charge is 2.15. The maximum Gasteiger partial charge on any atom is 0.292 e. The lowest BCUT2D eigenvalue weighted by Gasteiger charge is -2.07. The molecule has 0 radical (unpaired) electrons. The monoisotopic (exact) mass is 284 g/mol. The maximum atomic E-state index is 11.2. The van der Waals surface area contributed by atoms with Crippen LogP contribution in [0.4, 0.5) is 11.4 Å². The molecule has 0 aromatic heterocycles. The van der Waals surface area contributed by atoms with Crippen LogP contribution in [0.2, 0.25) is 0 Å². The van der Waals surface area contributed by atoms with Crippen molar-refractivity contribution in [2.45, 2.75) is 0 Å². The van der Waals surface area contributed by atoms with Gasteiger partial charge in [0.05, 0.1) is 22.3 Å². The lowest BCUT2D eigenvalue weighted by Crippen LogP contribution is -2.26. The van der Waals surface area contributed by atoms with Gasteiger partial charge in [-0.3, -0.25) is 10.1 Å². The standard InChI is InChI=1S/C10H12N4O4S/c1-12-19(17,18)5-4-13-9-6-8(7-11)2-3-10(9)14(15)16/h2-3,6,12-13H,4-5H2,1H3. The van der Waals surface area contributed by atoms with E-state index in [-0.39, 0.29) is 29.2 Å². The minimum Gasteiger partial charge on any atom is -0.378 e. The van der Waals surface area contributed by atoms with Crippen LogP contribution in [0.15, 0.2) is 18.2 Å². The van der Waals surface area contributed by atoms with Crippen molar-refractivity contribution in [3.05, 3.63) is 33.9 Å². The molecule has 0 bridgehead atoms. The Morgan fingerprint density at radius 3 is 2.68 bits per heavy atom. The van der Waals surface area contributed by atoms with Crippen LogP contribution in [0.5, 0.6) is 0 Å². The van der Waals surface area contributed by atoms with Crippen molar-refractivity contribution >= 4 is 21.4 Å². The number of rotatable bonds is 6. The first-order chi connectivity index (χ1) is 8.89. The van der Waals surface area contributed by atoms with Crippen molar-refractivity contribution in [3.8, 4) is 6.07 Å². The van der Waals surface area contributed by atoms with E-state index in [1.165, 1.54) is 25.2 Å². The van der Waals surface area contributed by atoms with Gasteiger partial charge >= 0.3 is 0 Å². The number of nitrogens with one attached hydrogen (secondary N) is 2. The SMILES string of the molecule is CNS(=O)(=O)CCNc1cc(C#N)ccc1[N+](=O)[O-]. The smallest absolute Gasteiger partial charge is 0.292 e. The molecule has 0 atom stereocenters. The van der Waals surface area contributed by atoms with E-state index in [9.17, 15) is 18.5 Å². The molecule has 0 saturated heterocycles. The molecule has 0 amide bonds.